The van der Waals surface area contributed by atoms with E-state index in [0.717, 1.165) is 10.6 Å². The van der Waals surface area contributed by atoms with Crippen LogP contribution >= 0.6 is 21.6 Å². The highest BCUT2D eigenvalue weighted by Crippen LogP contribution is 2.33. The molecule has 5 heteroatoms. The minimum Gasteiger partial charge on any atom is -0.258 e. The minimum absolute atomic E-state index is 0.168. The van der Waals surface area contributed by atoms with Crippen LogP contribution in [0, 0.1) is 10.1 Å². The first kappa shape index (κ1) is 14.4. The maximum atomic E-state index is 10.6. The Labute approximate surface area is 110 Å². The Hall–Kier alpha value is -0.680. The van der Waals surface area contributed by atoms with Crippen LogP contribution in [0.15, 0.2) is 29.2 Å². The van der Waals surface area contributed by atoms with E-state index in [1.807, 2.05) is 6.07 Å². The third-order valence-corrected chi connectivity index (χ3v) is 4.72. The number of nitro groups is 1. The Morgan fingerprint density at radius 2 is 2.12 bits per heavy atom. The van der Waals surface area contributed by atoms with Crippen molar-refractivity contribution in [3.63, 3.8) is 0 Å². The van der Waals surface area contributed by atoms with Crippen LogP contribution in [-0.4, -0.2) is 10.7 Å². The van der Waals surface area contributed by atoms with Gasteiger partial charge < -0.3 is 0 Å². The van der Waals surface area contributed by atoms with Gasteiger partial charge in [0.05, 0.1) is 4.92 Å². The average Bonchev–Trinajstić information content (AvgIpc) is 2.34. The van der Waals surface area contributed by atoms with Crippen molar-refractivity contribution in [2.24, 2.45) is 0 Å². The van der Waals surface area contributed by atoms with Gasteiger partial charge in [0.1, 0.15) is 0 Å². The largest absolute Gasteiger partial charge is 0.270 e. The standard InChI is InChI=1S/C12H17NO2S2/c1-2-3-4-5-9-16-17-12-8-6-7-11(10-12)13(14)15/h6-8,10H,2-5,9H2,1H3. The Bertz CT molecular complexity index is 358. The predicted molar refractivity (Wildman–Crippen MR) is 75.6 cm³/mol. The van der Waals surface area contributed by atoms with Crippen LogP contribution < -0.4 is 0 Å². The maximum absolute atomic E-state index is 10.6. The molecule has 0 aliphatic heterocycles. The van der Waals surface area contributed by atoms with E-state index >= 15 is 0 Å². The van der Waals surface area contributed by atoms with Gasteiger partial charge >= 0.3 is 0 Å². The molecule has 0 saturated heterocycles. The van der Waals surface area contributed by atoms with E-state index in [0.29, 0.717) is 0 Å². The third kappa shape index (κ3) is 5.98. The van der Waals surface area contributed by atoms with E-state index < -0.39 is 0 Å². The molecule has 0 radical (unpaired) electrons. The lowest BCUT2D eigenvalue weighted by molar-refractivity contribution is -0.385. The van der Waals surface area contributed by atoms with Gasteiger partial charge in [-0.3, -0.25) is 10.1 Å². The molecule has 0 aromatic heterocycles. The second-order valence-electron chi connectivity index (χ2n) is 3.72. The first-order valence-electron chi connectivity index (χ1n) is 5.78. The molecule has 0 aliphatic carbocycles. The van der Waals surface area contributed by atoms with E-state index in [9.17, 15) is 10.1 Å². The van der Waals surface area contributed by atoms with Crippen molar-refractivity contribution in [3.8, 4) is 0 Å². The maximum Gasteiger partial charge on any atom is 0.270 e. The molecule has 17 heavy (non-hydrogen) atoms. The summed E-state index contributed by atoms with van der Waals surface area (Å²) in [6.45, 7) is 2.20. The Balaban J connectivity index is 2.27. The molecule has 0 N–H and O–H groups in total. The quantitative estimate of drug-likeness (QED) is 0.291. The molecule has 0 unspecified atom stereocenters. The summed E-state index contributed by atoms with van der Waals surface area (Å²) in [5, 5.41) is 10.6. The second-order valence-corrected chi connectivity index (χ2v) is 6.21. The molecule has 0 spiro atoms. The van der Waals surface area contributed by atoms with Crippen molar-refractivity contribution in [2.45, 2.75) is 37.5 Å². The number of nitrogens with zero attached hydrogens (tertiary/aromatic N) is 1. The number of hydrogen-bond donors (Lipinski definition) is 0. The smallest absolute Gasteiger partial charge is 0.258 e. The number of unbranched alkanes of at least 4 members (excludes halogenated alkanes) is 3. The molecular formula is C12H17NO2S2. The summed E-state index contributed by atoms with van der Waals surface area (Å²) in [5.74, 6) is 1.10. The van der Waals surface area contributed by atoms with Gasteiger partial charge in [0, 0.05) is 22.8 Å². The van der Waals surface area contributed by atoms with Crippen LogP contribution in [0.2, 0.25) is 0 Å². The van der Waals surface area contributed by atoms with Gasteiger partial charge in [-0.2, -0.15) is 0 Å². The molecule has 0 saturated carbocycles. The Kier molecular flexibility index (Phi) is 7.12. The van der Waals surface area contributed by atoms with E-state index in [4.69, 9.17) is 0 Å². The van der Waals surface area contributed by atoms with Crippen LogP contribution in [0.3, 0.4) is 0 Å². The molecule has 3 nitrogen and oxygen atoms in total. The molecule has 1 rings (SSSR count). The van der Waals surface area contributed by atoms with Gasteiger partial charge in [-0.05, 0) is 12.5 Å². The highest BCUT2D eigenvalue weighted by Gasteiger charge is 2.05. The summed E-state index contributed by atoms with van der Waals surface area (Å²) in [6.07, 6.45) is 5.05. The second kappa shape index (κ2) is 8.42. The van der Waals surface area contributed by atoms with Crippen molar-refractivity contribution >= 4 is 27.3 Å². The molecule has 0 aliphatic rings. The normalized spacial score (nSPS) is 10.4. The molecule has 0 bridgehead atoms. The third-order valence-electron chi connectivity index (χ3n) is 2.26. The van der Waals surface area contributed by atoms with E-state index in [1.54, 1.807) is 33.7 Å². The SMILES string of the molecule is CCCCCCSSc1cccc([N+](=O)[O-])c1. The topological polar surface area (TPSA) is 43.1 Å². The Morgan fingerprint density at radius 3 is 2.82 bits per heavy atom. The average molecular weight is 271 g/mol. The molecule has 0 fully saturated rings. The Morgan fingerprint density at radius 1 is 1.29 bits per heavy atom. The molecule has 1 aromatic rings. The zero-order valence-electron chi connectivity index (χ0n) is 9.93. The number of nitro benzene ring substituents is 1. The van der Waals surface area contributed by atoms with E-state index in [2.05, 4.69) is 6.92 Å². The lowest BCUT2D eigenvalue weighted by atomic mass is 10.2. The summed E-state index contributed by atoms with van der Waals surface area (Å²) in [6, 6.07) is 6.80. The molecule has 0 atom stereocenters. The molecule has 0 heterocycles. The zero-order chi connectivity index (χ0) is 12.5. The van der Waals surface area contributed by atoms with Gasteiger partial charge in [-0.25, -0.2) is 0 Å². The predicted octanol–water partition coefficient (Wildman–Crippen LogP) is 4.92. The summed E-state index contributed by atoms with van der Waals surface area (Å²) in [4.78, 5) is 11.2. The monoisotopic (exact) mass is 271 g/mol. The summed E-state index contributed by atoms with van der Waals surface area (Å²) in [5.41, 5.74) is 0.168. The van der Waals surface area contributed by atoms with Crippen LogP contribution in [0.5, 0.6) is 0 Å². The van der Waals surface area contributed by atoms with Gasteiger partial charge in [-0.1, -0.05) is 53.8 Å². The highest BCUT2D eigenvalue weighted by molar-refractivity contribution is 8.76. The van der Waals surface area contributed by atoms with Crippen LogP contribution in [0.25, 0.3) is 0 Å². The molecule has 0 amide bonds. The van der Waals surface area contributed by atoms with Gasteiger partial charge in [0.15, 0.2) is 0 Å². The summed E-state index contributed by atoms with van der Waals surface area (Å²) >= 11 is 0. The van der Waals surface area contributed by atoms with Crippen molar-refractivity contribution in [2.75, 3.05) is 5.75 Å². The molecule has 94 valence electrons. The number of rotatable bonds is 8. The van der Waals surface area contributed by atoms with Crippen LogP contribution in [0.1, 0.15) is 32.6 Å². The number of non-ortho nitro benzene ring substituents is 1. The first-order chi connectivity index (χ1) is 8.24. The fourth-order valence-electron chi connectivity index (χ4n) is 1.35. The minimum atomic E-state index is -0.351. The van der Waals surface area contributed by atoms with E-state index in [1.165, 1.54) is 31.7 Å². The first-order valence-corrected chi connectivity index (χ1v) is 8.10. The molecular weight excluding hydrogens is 254 g/mol. The lowest BCUT2D eigenvalue weighted by Crippen LogP contribution is -1.86. The highest BCUT2D eigenvalue weighted by atomic mass is 33.1. The summed E-state index contributed by atoms with van der Waals surface area (Å²) in [7, 11) is 3.39. The fourth-order valence-corrected chi connectivity index (χ4v) is 3.51. The van der Waals surface area contributed by atoms with Crippen LogP contribution in [0.4, 0.5) is 5.69 Å². The van der Waals surface area contributed by atoms with Gasteiger partial charge in [0.25, 0.3) is 5.69 Å². The fraction of sp³-hybridized carbons (Fsp3) is 0.500. The summed E-state index contributed by atoms with van der Waals surface area (Å²) < 4.78 is 0. The van der Waals surface area contributed by atoms with Gasteiger partial charge in [0.2, 0.25) is 0 Å². The van der Waals surface area contributed by atoms with Crippen molar-refractivity contribution in [1.29, 1.82) is 0 Å². The van der Waals surface area contributed by atoms with Crippen molar-refractivity contribution in [1.82, 2.24) is 0 Å². The van der Waals surface area contributed by atoms with Crippen LogP contribution in [-0.2, 0) is 0 Å². The van der Waals surface area contributed by atoms with E-state index in [-0.39, 0.29) is 10.6 Å². The van der Waals surface area contributed by atoms with Gasteiger partial charge in [-0.15, -0.1) is 0 Å². The van der Waals surface area contributed by atoms with Crippen molar-refractivity contribution in [3.05, 3.63) is 34.4 Å². The lowest BCUT2D eigenvalue weighted by Gasteiger charge is -2.01. The molecule has 1 aromatic carbocycles. The number of benzene rings is 1. The van der Waals surface area contributed by atoms with Crippen molar-refractivity contribution < 1.29 is 4.92 Å². The zero-order valence-corrected chi connectivity index (χ0v) is 11.6. The number of hydrogen-bond acceptors (Lipinski definition) is 4.